The van der Waals surface area contributed by atoms with Crippen LogP contribution >= 0.6 is 0 Å². The standard InChI is InChI=1S/C13H16N2O6/c1-13(2,3)21-11(16)8-14-12(17)20-10-6-4-9(5-7-10)15(18)19/h4-7H,8H2,1-3H3,(H,14,17). The Morgan fingerprint density at radius 2 is 1.81 bits per heavy atom. The van der Waals surface area contributed by atoms with Crippen molar-refractivity contribution in [2.45, 2.75) is 26.4 Å². The average molecular weight is 296 g/mol. The Balaban J connectivity index is 2.43. The lowest BCUT2D eigenvalue weighted by molar-refractivity contribution is -0.384. The van der Waals surface area contributed by atoms with E-state index in [0.29, 0.717) is 0 Å². The third-order valence-corrected chi connectivity index (χ3v) is 2.06. The van der Waals surface area contributed by atoms with Gasteiger partial charge in [0, 0.05) is 12.1 Å². The molecule has 0 unspecified atom stereocenters. The van der Waals surface area contributed by atoms with Crippen LogP contribution in [0.2, 0.25) is 0 Å². The molecule has 0 aromatic heterocycles. The summed E-state index contributed by atoms with van der Waals surface area (Å²) in [5, 5.41) is 12.7. The van der Waals surface area contributed by atoms with Gasteiger partial charge in [-0.15, -0.1) is 0 Å². The molecule has 0 atom stereocenters. The number of ether oxygens (including phenoxy) is 2. The molecular weight excluding hydrogens is 280 g/mol. The van der Waals surface area contributed by atoms with Crippen molar-refractivity contribution < 1.29 is 24.0 Å². The van der Waals surface area contributed by atoms with E-state index in [1.807, 2.05) is 0 Å². The van der Waals surface area contributed by atoms with Crippen molar-refractivity contribution in [3.05, 3.63) is 34.4 Å². The summed E-state index contributed by atoms with van der Waals surface area (Å²) in [6.07, 6.45) is -0.852. The fourth-order valence-electron chi connectivity index (χ4n) is 1.30. The molecule has 1 rings (SSSR count). The Morgan fingerprint density at radius 3 is 2.29 bits per heavy atom. The highest BCUT2D eigenvalue weighted by Gasteiger charge is 2.17. The topological polar surface area (TPSA) is 108 Å². The number of nitrogens with zero attached hydrogens (tertiary/aromatic N) is 1. The van der Waals surface area contributed by atoms with Gasteiger partial charge in [-0.2, -0.15) is 0 Å². The number of non-ortho nitro benzene ring substituents is 1. The first kappa shape index (κ1) is 16.4. The number of rotatable bonds is 4. The maximum atomic E-state index is 11.4. The molecule has 0 aliphatic carbocycles. The van der Waals surface area contributed by atoms with Gasteiger partial charge in [0.2, 0.25) is 0 Å². The molecule has 1 aromatic rings. The second-order valence-corrected chi connectivity index (χ2v) is 5.08. The summed E-state index contributed by atoms with van der Waals surface area (Å²) in [4.78, 5) is 32.7. The Hall–Kier alpha value is -2.64. The number of carbonyl (C=O) groups is 2. The molecule has 0 saturated carbocycles. The van der Waals surface area contributed by atoms with Crippen LogP contribution in [0.15, 0.2) is 24.3 Å². The van der Waals surface area contributed by atoms with E-state index in [1.54, 1.807) is 20.8 Å². The van der Waals surface area contributed by atoms with Crippen molar-refractivity contribution in [3.63, 3.8) is 0 Å². The zero-order chi connectivity index (χ0) is 16.0. The zero-order valence-electron chi connectivity index (χ0n) is 11.9. The van der Waals surface area contributed by atoms with Crippen LogP contribution in [-0.2, 0) is 9.53 Å². The fraction of sp³-hybridized carbons (Fsp3) is 0.385. The molecule has 21 heavy (non-hydrogen) atoms. The Kier molecular flexibility index (Phi) is 5.23. The first-order chi connectivity index (χ1) is 9.67. The van der Waals surface area contributed by atoms with E-state index >= 15 is 0 Å². The van der Waals surface area contributed by atoms with Gasteiger partial charge in [-0.05, 0) is 32.9 Å². The summed E-state index contributed by atoms with van der Waals surface area (Å²) in [5.74, 6) is -0.467. The van der Waals surface area contributed by atoms with Gasteiger partial charge < -0.3 is 14.8 Å². The summed E-state index contributed by atoms with van der Waals surface area (Å²) in [6, 6.07) is 4.98. The molecule has 0 heterocycles. The van der Waals surface area contributed by atoms with Gasteiger partial charge >= 0.3 is 12.1 Å². The molecule has 1 N–H and O–H groups in total. The van der Waals surface area contributed by atoms with Crippen LogP contribution in [0, 0.1) is 10.1 Å². The fourth-order valence-corrected chi connectivity index (χ4v) is 1.30. The van der Waals surface area contributed by atoms with Crippen LogP contribution in [0.4, 0.5) is 10.5 Å². The molecule has 114 valence electrons. The number of nitro benzene ring substituents is 1. The number of nitro groups is 1. The van der Waals surface area contributed by atoms with Gasteiger partial charge in [-0.25, -0.2) is 4.79 Å². The second-order valence-electron chi connectivity index (χ2n) is 5.08. The van der Waals surface area contributed by atoms with Crippen molar-refractivity contribution in [1.82, 2.24) is 5.32 Å². The lowest BCUT2D eigenvalue weighted by Crippen LogP contribution is -2.36. The maximum Gasteiger partial charge on any atom is 0.413 e. The first-order valence-corrected chi connectivity index (χ1v) is 6.09. The molecule has 0 aliphatic rings. The number of esters is 1. The normalized spacial score (nSPS) is 10.6. The van der Waals surface area contributed by atoms with Crippen molar-refractivity contribution >= 4 is 17.7 Å². The largest absolute Gasteiger partial charge is 0.459 e. The minimum absolute atomic E-state index is 0.114. The van der Waals surface area contributed by atoms with E-state index in [2.05, 4.69) is 5.32 Å². The van der Waals surface area contributed by atoms with Gasteiger partial charge in [0.15, 0.2) is 0 Å². The Morgan fingerprint density at radius 1 is 1.24 bits per heavy atom. The molecule has 0 bridgehead atoms. The Bertz CT molecular complexity index is 533. The van der Waals surface area contributed by atoms with Crippen LogP contribution < -0.4 is 10.1 Å². The lowest BCUT2D eigenvalue weighted by Gasteiger charge is -2.19. The van der Waals surface area contributed by atoms with E-state index in [4.69, 9.17) is 9.47 Å². The quantitative estimate of drug-likeness (QED) is 0.517. The van der Waals surface area contributed by atoms with E-state index in [0.717, 1.165) is 0 Å². The van der Waals surface area contributed by atoms with Gasteiger partial charge in [0.25, 0.3) is 5.69 Å². The van der Waals surface area contributed by atoms with E-state index < -0.39 is 22.6 Å². The molecule has 1 amide bonds. The zero-order valence-corrected chi connectivity index (χ0v) is 11.9. The minimum atomic E-state index is -0.852. The minimum Gasteiger partial charge on any atom is -0.459 e. The molecule has 0 radical (unpaired) electrons. The van der Waals surface area contributed by atoms with Gasteiger partial charge in [-0.3, -0.25) is 14.9 Å². The molecule has 0 aliphatic heterocycles. The molecule has 8 heteroatoms. The van der Waals surface area contributed by atoms with Crippen LogP contribution in [0.3, 0.4) is 0 Å². The summed E-state index contributed by atoms with van der Waals surface area (Å²) in [7, 11) is 0. The Labute approximate surface area is 121 Å². The second kappa shape index (κ2) is 6.69. The molecular formula is C13H16N2O6. The predicted octanol–water partition coefficient (Wildman–Crippen LogP) is 2.02. The maximum absolute atomic E-state index is 11.4. The van der Waals surface area contributed by atoms with E-state index in [9.17, 15) is 19.7 Å². The summed E-state index contributed by atoms with van der Waals surface area (Å²) < 4.78 is 9.85. The van der Waals surface area contributed by atoms with Crippen molar-refractivity contribution in [2.24, 2.45) is 0 Å². The van der Waals surface area contributed by atoms with E-state index in [-0.39, 0.29) is 18.0 Å². The monoisotopic (exact) mass is 296 g/mol. The highest BCUT2D eigenvalue weighted by atomic mass is 16.6. The predicted molar refractivity (Wildman–Crippen MR) is 73.0 cm³/mol. The van der Waals surface area contributed by atoms with Crippen molar-refractivity contribution in [2.75, 3.05) is 6.54 Å². The number of hydrogen-bond acceptors (Lipinski definition) is 6. The number of benzene rings is 1. The van der Waals surface area contributed by atoms with Crippen LogP contribution in [-0.4, -0.2) is 29.1 Å². The number of carbonyl (C=O) groups excluding carboxylic acids is 2. The molecule has 0 saturated heterocycles. The molecule has 0 spiro atoms. The summed E-state index contributed by atoms with van der Waals surface area (Å²) in [6.45, 7) is 4.80. The molecule has 8 nitrogen and oxygen atoms in total. The number of amides is 1. The summed E-state index contributed by atoms with van der Waals surface area (Å²) in [5.41, 5.74) is -0.752. The average Bonchev–Trinajstić information content (AvgIpc) is 2.35. The van der Waals surface area contributed by atoms with Crippen LogP contribution in [0.5, 0.6) is 5.75 Å². The third kappa shape index (κ3) is 6.37. The van der Waals surface area contributed by atoms with Gasteiger partial charge in [0.05, 0.1) is 4.92 Å². The van der Waals surface area contributed by atoms with Crippen LogP contribution in [0.25, 0.3) is 0 Å². The smallest absolute Gasteiger partial charge is 0.413 e. The van der Waals surface area contributed by atoms with E-state index in [1.165, 1.54) is 24.3 Å². The molecule has 0 fully saturated rings. The van der Waals surface area contributed by atoms with Crippen molar-refractivity contribution in [1.29, 1.82) is 0 Å². The van der Waals surface area contributed by atoms with Crippen LogP contribution in [0.1, 0.15) is 20.8 Å². The van der Waals surface area contributed by atoms with Crippen molar-refractivity contribution in [3.8, 4) is 5.75 Å². The number of hydrogen-bond donors (Lipinski definition) is 1. The number of nitrogens with one attached hydrogen (secondary N) is 1. The van der Waals surface area contributed by atoms with Gasteiger partial charge in [-0.1, -0.05) is 0 Å². The van der Waals surface area contributed by atoms with Gasteiger partial charge in [0.1, 0.15) is 17.9 Å². The lowest BCUT2D eigenvalue weighted by atomic mass is 10.2. The summed E-state index contributed by atoms with van der Waals surface area (Å²) >= 11 is 0. The SMILES string of the molecule is CC(C)(C)OC(=O)CNC(=O)Oc1ccc([N+](=O)[O-])cc1. The highest BCUT2D eigenvalue weighted by Crippen LogP contribution is 2.17. The first-order valence-electron chi connectivity index (χ1n) is 6.09. The third-order valence-electron chi connectivity index (χ3n) is 2.06. The highest BCUT2D eigenvalue weighted by molar-refractivity contribution is 5.79. The molecule has 1 aromatic carbocycles.